The topological polar surface area (TPSA) is 59.6 Å². The number of methoxy groups -OCH3 is 1. The molecule has 0 atom stereocenters. The molecule has 0 radical (unpaired) electrons. The largest absolute Gasteiger partial charge is 0.495 e. The van der Waals surface area contributed by atoms with E-state index in [4.69, 9.17) is 21.7 Å². The summed E-state index contributed by atoms with van der Waals surface area (Å²) in [6, 6.07) is 14.3. The molecule has 0 aliphatic rings. The average Bonchev–Trinajstić information content (AvgIpc) is 2.60. The van der Waals surface area contributed by atoms with Gasteiger partial charge < -0.3 is 14.8 Å². The Labute approximate surface area is 147 Å². The molecule has 0 aromatic heterocycles. The molecule has 2 N–H and O–H groups in total. The monoisotopic (exact) mass is 344 g/mol. The fourth-order valence-corrected chi connectivity index (χ4v) is 2.20. The van der Waals surface area contributed by atoms with Crippen molar-refractivity contribution in [3.63, 3.8) is 0 Å². The summed E-state index contributed by atoms with van der Waals surface area (Å²) in [5, 5.41) is 5.80. The first-order valence-electron chi connectivity index (χ1n) is 7.62. The molecule has 5 nitrogen and oxygen atoms in total. The Bertz CT molecular complexity index is 702. The van der Waals surface area contributed by atoms with Gasteiger partial charge in [-0.1, -0.05) is 19.1 Å². The zero-order valence-corrected chi connectivity index (χ0v) is 14.5. The van der Waals surface area contributed by atoms with Gasteiger partial charge in [-0.2, -0.15) is 0 Å². The first-order chi connectivity index (χ1) is 11.6. The lowest BCUT2D eigenvalue weighted by molar-refractivity contribution is 0.0977. The van der Waals surface area contributed by atoms with E-state index >= 15 is 0 Å². The maximum Gasteiger partial charge on any atom is 0.257 e. The van der Waals surface area contributed by atoms with Gasteiger partial charge >= 0.3 is 0 Å². The quantitative estimate of drug-likeness (QED) is 0.784. The van der Waals surface area contributed by atoms with Crippen LogP contribution in [0.15, 0.2) is 48.5 Å². The minimum atomic E-state index is -0.288. The fourth-order valence-electron chi connectivity index (χ4n) is 2.00. The molecule has 6 heteroatoms. The summed E-state index contributed by atoms with van der Waals surface area (Å²) in [6.45, 7) is 2.69. The van der Waals surface area contributed by atoms with Gasteiger partial charge in [-0.3, -0.25) is 10.1 Å². The van der Waals surface area contributed by atoms with E-state index < -0.39 is 0 Å². The van der Waals surface area contributed by atoms with Crippen molar-refractivity contribution in [2.24, 2.45) is 0 Å². The smallest absolute Gasteiger partial charge is 0.257 e. The van der Waals surface area contributed by atoms with Crippen LogP contribution in [0.1, 0.15) is 23.7 Å². The average molecular weight is 344 g/mol. The van der Waals surface area contributed by atoms with Crippen LogP contribution < -0.4 is 20.1 Å². The fraction of sp³-hybridized carbons (Fsp3) is 0.222. The van der Waals surface area contributed by atoms with E-state index in [-0.39, 0.29) is 11.0 Å². The predicted octanol–water partition coefficient (Wildman–Crippen LogP) is 3.61. The Morgan fingerprint density at radius 2 is 1.83 bits per heavy atom. The second-order valence-corrected chi connectivity index (χ2v) is 5.39. The molecule has 2 aromatic rings. The van der Waals surface area contributed by atoms with E-state index in [1.54, 1.807) is 31.4 Å². The normalized spacial score (nSPS) is 9.92. The summed E-state index contributed by atoms with van der Waals surface area (Å²) in [5.41, 5.74) is 1.19. The number of amides is 1. The van der Waals surface area contributed by atoms with Crippen LogP contribution in [-0.4, -0.2) is 24.7 Å². The van der Waals surface area contributed by atoms with Crippen molar-refractivity contribution in [3.8, 4) is 11.5 Å². The van der Waals surface area contributed by atoms with Gasteiger partial charge in [0.25, 0.3) is 5.91 Å². The van der Waals surface area contributed by atoms with Crippen molar-refractivity contribution >= 4 is 28.9 Å². The number of benzene rings is 2. The molecule has 0 saturated heterocycles. The van der Waals surface area contributed by atoms with Gasteiger partial charge in [0, 0.05) is 5.56 Å². The highest BCUT2D eigenvalue weighted by molar-refractivity contribution is 7.80. The number of nitrogens with one attached hydrogen (secondary N) is 2. The highest BCUT2D eigenvalue weighted by Gasteiger charge is 2.10. The van der Waals surface area contributed by atoms with Gasteiger partial charge in [0.05, 0.1) is 19.4 Å². The van der Waals surface area contributed by atoms with Gasteiger partial charge in [0.15, 0.2) is 5.11 Å². The molecule has 0 saturated carbocycles. The zero-order chi connectivity index (χ0) is 17.4. The van der Waals surface area contributed by atoms with Crippen LogP contribution in [0, 0.1) is 0 Å². The van der Waals surface area contributed by atoms with Gasteiger partial charge in [0.2, 0.25) is 0 Å². The molecule has 0 aliphatic heterocycles. The number of hydrogen-bond donors (Lipinski definition) is 2. The van der Waals surface area contributed by atoms with Gasteiger partial charge in [-0.15, -0.1) is 0 Å². The lowest BCUT2D eigenvalue weighted by Crippen LogP contribution is -2.34. The molecule has 0 bridgehead atoms. The Kier molecular flexibility index (Phi) is 6.57. The number of carbonyl (C=O) groups excluding carboxylic acids is 1. The molecule has 0 fully saturated rings. The third-order valence-corrected chi connectivity index (χ3v) is 3.38. The van der Waals surface area contributed by atoms with Crippen LogP contribution in [0.2, 0.25) is 0 Å². The third-order valence-electron chi connectivity index (χ3n) is 3.17. The Morgan fingerprint density at radius 1 is 1.12 bits per heavy atom. The highest BCUT2D eigenvalue weighted by atomic mass is 32.1. The van der Waals surface area contributed by atoms with Crippen molar-refractivity contribution in [2.45, 2.75) is 13.3 Å². The van der Waals surface area contributed by atoms with Crippen LogP contribution in [-0.2, 0) is 0 Å². The number of carbonyl (C=O) groups is 1. The first-order valence-corrected chi connectivity index (χ1v) is 8.03. The molecule has 0 aliphatic carbocycles. The Balaban J connectivity index is 1.95. The van der Waals surface area contributed by atoms with Crippen LogP contribution in [0.3, 0.4) is 0 Å². The summed E-state index contributed by atoms with van der Waals surface area (Å²) in [7, 11) is 1.57. The SMILES string of the molecule is CCCOc1ccc(C(=O)NC(=S)Nc2ccccc2OC)cc1. The Morgan fingerprint density at radius 3 is 2.50 bits per heavy atom. The van der Waals surface area contributed by atoms with E-state index in [1.165, 1.54) is 0 Å². The van der Waals surface area contributed by atoms with Crippen molar-refractivity contribution in [2.75, 3.05) is 19.0 Å². The second kappa shape index (κ2) is 8.88. The summed E-state index contributed by atoms with van der Waals surface area (Å²) in [5.74, 6) is 1.10. The summed E-state index contributed by atoms with van der Waals surface area (Å²) >= 11 is 5.18. The molecule has 2 aromatic carbocycles. The molecule has 2 rings (SSSR count). The standard InChI is InChI=1S/C18H20N2O3S/c1-3-12-23-14-10-8-13(9-11-14)17(21)20-18(24)19-15-6-4-5-7-16(15)22-2/h4-11H,3,12H2,1-2H3,(H2,19,20,21,24). The second-order valence-electron chi connectivity index (χ2n) is 4.98. The molecule has 126 valence electrons. The minimum absolute atomic E-state index is 0.204. The van der Waals surface area contributed by atoms with E-state index in [1.807, 2.05) is 31.2 Å². The van der Waals surface area contributed by atoms with E-state index in [9.17, 15) is 4.79 Å². The predicted molar refractivity (Wildman–Crippen MR) is 98.9 cm³/mol. The van der Waals surface area contributed by atoms with E-state index in [0.717, 1.165) is 12.2 Å². The minimum Gasteiger partial charge on any atom is -0.495 e. The molecular weight excluding hydrogens is 324 g/mol. The summed E-state index contributed by atoms with van der Waals surface area (Å²) < 4.78 is 10.7. The number of rotatable bonds is 6. The maximum absolute atomic E-state index is 12.2. The number of thiocarbonyl (C=S) groups is 1. The third kappa shape index (κ3) is 4.96. The maximum atomic E-state index is 12.2. The number of anilines is 1. The van der Waals surface area contributed by atoms with Crippen molar-refractivity contribution in [1.29, 1.82) is 0 Å². The summed E-state index contributed by atoms with van der Waals surface area (Å²) in [4.78, 5) is 12.2. The Hall–Kier alpha value is -2.60. The van der Waals surface area contributed by atoms with Crippen LogP contribution >= 0.6 is 12.2 Å². The number of ether oxygens (including phenoxy) is 2. The molecule has 0 spiro atoms. The number of hydrogen-bond acceptors (Lipinski definition) is 4. The van der Waals surface area contributed by atoms with Crippen molar-refractivity contribution < 1.29 is 14.3 Å². The molecule has 0 unspecified atom stereocenters. The molecule has 1 amide bonds. The first kappa shape index (κ1) is 17.7. The number of para-hydroxylation sites is 2. The van der Waals surface area contributed by atoms with Crippen molar-refractivity contribution in [3.05, 3.63) is 54.1 Å². The molecule has 0 heterocycles. The molecule has 24 heavy (non-hydrogen) atoms. The van der Waals surface area contributed by atoms with Crippen LogP contribution in [0.5, 0.6) is 11.5 Å². The van der Waals surface area contributed by atoms with Gasteiger partial charge in [-0.25, -0.2) is 0 Å². The highest BCUT2D eigenvalue weighted by Crippen LogP contribution is 2.22. The van der Waals surface area contributed by atoms with Crippen molar-refractivity contribution in [1.82, 2.24) is 5.32 Å². The van der Waals surface area contributed by atoms with E-state index in [2.05, 4.69) is 10.6 Å². The van der Waals surface area contributed by atoms with Gasteiger partial charge in [0.1, 0.15) is 11.5 Å². The lowest BCUT2D eigenvalue weighted by Gasteiger charge is -2.12. The zero-order valence-electron chi connectivity index (χ0n) is 13.7. The van der Waals surface area contributed by atoms with Gasteiger partial charge in [-0.05, 0) is 55.0 Å². The molecular formula is C18H20N2O3S. The lowest BCUT2D eigenvalue weighted by atomic mass is 10.2. The summed E-state index contributed by atoms with van der Waals surface area (Å²) in [6.07, 6.45) is 0.936. The van der Waals surface area contributed by atoms with E-state index in [0.29, 0.717) is 23.6 Å². The van der Waals surface area contributed by atoms with Crippen LogP contribution in [0.4, 0.5) is 5.69 Å². The van der Waals surface area contributed by atoms with Crippen LogP contribution in [0.25, 0.3) is 0 Å².